The maximum atomic E-state index is 12.7. The van der Waals surface area contributed by atoms with Crippen LogP contribution < -0.4 is 10.1 Å². The molecular weight excluding hydrogens is 328 g/mol. The minimum absolute atomic E-state index is 0.213. The minimum atomic E-state index is -0.353. The van der Waals surface area contributed by atoms with E-state index in [1.54, 1.807) is 17.1 Å². The lowest BCUT2D eigenvalue weighted by molar-refractivity contribution is 0.101. The number of hydrogen-bond donors (Lipinski definition) is 1. The highest BCUT2D eigenvalue weighted by atomic mass is 16.5. The lowest BCUT2D eigenvalue weighted by Gasteiger charge is -2.05. The van der Waals surface area contributed by atoms with E-state index in [0.717, 1.165) is 16.6 Å². The third-order valence-electron chi connectivity index (χ3n) is 3.98. The van der Waals surface area contributed by atoms with Gasteiger partial charge in [0.1, 0.15) is 0 Å². The first-order chi connectivity index (χ1) is 12.7. The predicted octanol–water partition coefficient (Wildman–Crippen LogP) is 3.68. The van der Waals surface area contributed by atoms with E-state index in [9.17, 15) is 4.79 Å². The Kier molecular flexibility index (Phi) is 4.07. The van der Waals surface area contributed by atoms with Gasteiger partial charge in [0.25, 0.3) is 5.91 Å². The van der Waals surface area contributed by atoms with Crippen molar-refractivity contribution in [3.05, 3.63) is 78.8 Å². The Balaban J connectivity index is 1.63. The predicted molar refractivity (Wildman–Crippen MR) is 99.8 cm³/mol. The van der Waals surface area contributed by atoms with Gasteiger partial charge in [0, 0.05) is 5.39 Å². The molecule has 2 heterocycles. The zero-order chi connectivity index (χ0) is 17.9. The highest BCUT2D eigenvalue weighted by Crippen LogP contribution is 2.22. The summed E-state index contributed by atoms with van der Waals surface area (Å²) in [6.07, 6.45) is 3.31. The maximum Gasteiger partial charge on any atom is 0.280 e. The number of methoxy groups -OCH3 is 1. The molecule has 6 heteroatoms. The van der Waals surface area contributed by atoms with Gasteiger partial charge in [-0.3, -0.25) is 9.78 Å². The van der Waals surface area contributed by atoms with Crippen LogP contribution in [0.15, 0.2) is 73.1 Å². The average Bonchev–Trinajstić information content (AvgIpc) is 3.13. The molecule has 0 radical (unpaired) electrons. The standard InChI is InChI=1S/C20H16N4O2/c1-26-18-13-24(16-8-3-2-4-9-16)23-19(18)20(25)22-15-11-14-7-5-6-10-17(14)21-12-15/h2-13H,1H3,(H,22,25). The minimum Gasteiger partial charge on any atom is -0.493 e. The number of hydrogen-bond acceptors (Lipinski definition) is 4. The third kappa shape index (κ3) is 3.00. The van der Waals surface area contributed by atoms with Crippen molar-refractivity contribution in [1.82, 2.24) is 14.8 Å². The van der Waals surface area contributed by atoms with E-state index in [-0.39, 0.29) is 11.6 Å². The molecule has 0 aliphatic carbocycles. The van der Waals surface area contributed by atoms with Gasteiger partial charge in [-0.1, -0.05) is 36.4 Å². The van der Waals surface area contributed by atoms with Crippen LogP contribution in [0.1, 0.15) is 10.5 Å². The van der Waals surface area contributed by atoms with Crippen molar-refractivity contribution in [2.45, 2.75) is 0 Å². The van der Waals surface area contributed by atoms with Crippen molar-refractivity contribution >= 4 is 22.5 Å². The van der Waals surface area contributed by atoms with Crippen molar-refractivity contribution in [2.75, 3.05) is 12.4 Å². The van der Waals surface area contributed by atoms with Gasteiger partial charge in [0.15, 0.2) is 11.4 Å². The van der Waals surface area contributed by atoms with Crippen LogP contribution in [0.25, 0.3) is 16.6 Å². The SMILES string of the molecule is COc1cn(-c2ccccc2)nc1C(=O)Nc1cnc2ccccc2c1. The molecule has 6 nitrogen and oxygen atoms in total. The second kappa shape index (κ2) is 6.68. The molecule has 0 aliphatic heterocycles. The normalized spacial score (nSPS) is 10.7. The molecule has 1 N–H and O–H groups in total. The van der Waals surface area contributed by atoms with Gasteiger partial charge in [-0.25, -0.2) is 4.68 Å². The number of anilines is 1. The molecule has 2 aromatic carbocycles. The van der Waals surface area contributed by atoms with Crippen LogP contribution in [-0.2, 0) is 0 Å². The number of pyridine rings is 1. The van der Waals surface area contributed by atoms with E-state index >= 15 is 0 Å². The topological polar surface area (TPSA) is 69.0 Å². The summed E-state index contributed by atoms with van der Waals surface area (Å²) < 4.78 is 6.93. The number of nitrogens with zero attached hydrogens (tertiary/aromatic N) is 3. The first-order valence-electron chi connectivity index (χ1n) is 8.10. The monoisotopic (exact) mass is 344 g/mol. The molecular formula is C20H16N4O2. The zero-order valence-electron chi connectivity index (χ0n) is 14.1. The molecule has 0 atom stereocenters. The van der Waals surface area contributed by atoms with Crippen molar-refractivity contribution in [3.63, 3.8) is 0 Å². The number of carbonyl (C=O) groups excluding carboxylic acids is 1. The van der Waals surface area contributed by atoms with Gasteiger partial charge >= 0.3 is 0 Å². The molecule has 0 aliphatic rings. The molecule has 1 amide bonds. The highest BCUT2D eigenvalue weighted by Gasteiger charge is 2.18. The summed E-state index contributed by atoms with van der Waals surface area (Å²) in [5.41, 5.74) is 2.53. The Morgan fingerprint density at radius 2 is 1.85 bits per heavy atom. The van der Waals surface area contributed by atoms with Gasteiger partial charge in [-0.05, 0) is 24.3 Å². The fourth-order valence-electron chi connectivity index (χ4n) is 2.71. The summed E-state index contributed by atoms with van der Waals surface area (Å²) in [6, 6.07) is 19.1. The van der Waals surface area contributed by atoms with Crippen LogP contribution in [0.5, 0.6) is 5.75 Å². The summed E-state index contributed by atoms with van der Waals surface area (Å²) in [7, 11) is 1.51. The van der Waals surface area contributed by atoms with Gasteiger partial charge in [-0.15, -0.1) is 0 Å². The maximum absolute atomic E-state index is 12.7. The van der Waals surface area contributed by atoms with Crippen molar-refractivity contribution in [2.24, 2.45) is 0 Å². The summed E-state index contributed by atoms with van der Waals surface area (Å²) >= 11 is 0. The Hall–Kier alpha value is -3.67. The lowest BCUT2D eigenvalue weighted by atomic mass is 10.2. The fourth-order valence-corrected chi connectivity index (χ4v) is 2.71. The number of rotatable bonds is 4. The molecule has 26 heavy (non-hydrogen) atoms. The number of ether oxygens (including phenoxy) is 1. The molecule has 0 unspecified atom stereocenters. The number of para-hydroxylation sites is 2. The van der Waals surface area contributed by atoms with Gasteiger partial charge < -0.3 is 10.1 Å². The Bertz CT molecular complexity index is 1070. The van der Waals surface area contributed by atoms with Crippen molar-refractivity contribution in [3.8, 4) is 11.4 Å². The summed E-state index contributed by atoms with van der Waals surface area (Å²) in [4.78, 5) is 17.0. The number of fused-ring (bicyclic) bond motifs is 1. The van der Waals surface area contributed by atoms with Crippen LogP contribution in [0, 0.1) is 0 Å². The Morgan fingerprint density at radius 1 is 1.08 bits per heavy atom. The fraction of sp³-hybridized carbons (Fsp3) is 0.0500. The van der Waals surface area contributed by atoms with Crippen LogP contribution >= 0.6 is 0 Å². The molecule has 0 fully saturated rings. The summed E-state index contributed by atoms with van der Waals surface area (Å²) in [6.45, 7) is 0. The number of carbonyl (C=O) groups is 1. The quantitative estimate of drug-likeness (QED) is 0.613. The number of benzene rings is 2. The molecule has 4 aromatic rings. The average molecular weight is 344 g/mol. The number of aromatic nitrogens is 3. The van der Waals surface area contributed by atoms with Crippen molar-refractivity contribution < 1.29 is 9.53 Å². The molecule has 4 rings (SSSR count). The lowest BCUT2D eigenvalue weighted by Crippen LogP contribution is -2.14. The van der Waals surface area contributed by atoms with Crippen LogP contribution in [-0.4, -0.2) is 27.8 Å². The van der Waals surface area contributed by atoms with Crippen LogP contribution in [0.3, 0.4) is 0 Å². The summed E-state index contributed by atoms with van der Waals surface area (Å²) in [5.74, 6) is 0.0497. The third-order valence-corrected chi connectivity index (χ3v) is 3.98. The largest absolute Gasteiger partial charge is 0.493 e. The highest BCUT2D eigenvalue weighted by molar-refractivity contribution is 6.05. The molecule has 0 saturated heterocycles. The Morgan fingerprint density at radius 3 is 2.65 bits per heavy atom. The van der Waals surface area contributed by atoms with Gasteiger partial charge in [-0.2, -0.15) is 5.10 Å². The second-order valence-electron chi connectivity index (χ2n) is 5.70. The first kappa shape index (κ1) is 15.8. The van der Waals surface area contributed by atoms with E-state index in [1.807, 2.05) is 60.7 Å². The molecule has 0 saturated carbocycles. The second-order valence-corrected chi connectivity index (χ2v) is 5.70. The zero-order valence-corrected chi connectivity index (χ0v) is 14.1. The van der Waals surface area contributed by atoms with E-state index in [4.69, 9.17) is 4.74 Å². The van der Waals surface area contributed by atoms with Crippen LogP contribution in [0.4, 0.5) is 5.69 Å². The van der Waals surface area contributed by atoms with E-state index in [0.29, 0.717) is 11.4 Å². The Labute approximate surface area is 150 Å². The van der Waals surface area contributed by atoms with Crippen LogP contribution in [0.2, 0.25) is 0 Å². The number of nitrogens with one attached hydrogen (secondary N) is 1. The van der Waals surface area contributed by atoms with E-state index < -0.39 is 0 Å². The smallest absolute Gasteiger partial charge is 0.280 e. The summed E-state index contributed by atoms with van der Waals surface area (Å²) in [5, 5.41) is 8.15. The number of amides is 1. The van der Waals surface area contributed by atoms with E-state index in [1.165, 1.54) is 7.11 Å². The van der Waals surface area contributed by atoms with Crippen molar-refractivity contribution in [1.29, 1.82) is 0 Å². The molecule has 2 aromatic heterocycles. The molecule has 128 valence electrons. The van der Waals surface area contributed by atoms with Gasteiger partial charge in [0.05, 0.1) is 36.4 Å². The van der Waals surface area contributed by atoms with E-state index in [2.05, 4.69) is 15.4 Å². The first-order valence-corrected chi connectivity index (χ1v) is 8.10. The molecule has 0 spiro atoms. The molecule has 0 bridgehead atoms. The van der Waals surface area contributed by atoms with Gasteiger partial charge in [0.2, 0.25) is 0 Å².